The van der Waals surface area contributed by atoms with Crippen LogP contribution < -0.4 is 10.1 Å². The Morgan fingerprint density at radius 1 is 1.28 bits per heavy atom. The summed E-state index contributed by atoms with van der Waals surface area (Å²) in [5.74, 6) is 0.559. The lowest BCUT2D eigenvalue weighted by molar-refractivity contribution is 0.441. The predicted octanol–water partition coefficient (Wildman–Crippen LogP) is 2.95. The van der Waals surface area contributed by atoms with E-state index in [1.165, 1.54) is 0 Å². The Balaban J connectivity index is 2.13. The number of benzene rings is 1. The molecule has 2 rings (SSSR count). The molecule has 0 fully saturated rings. The van der Waals surface area contributed by atoms with Crippen LogP contribution in [0.4, 0.5) is 0 Å². The van der Waals surface area contributed by atoms with E-state index in [1.807, 2.05) is 32.2 Å². The van der Waals surface area contributed by atoms with Crippen LogP contribution in [0.25, 0.3) is 0 Å². The van der Waals surface area contributed by atoms with Gasteiger partial charge in [-0.25, -0.2) is 9.97 Å². The van der Waals surface area contributed by atoms with Gasteiger partial charge in [0.25, 0.3) is 0 Å². The number of halogens is 1. The average molecular weight is 264 g/mol. The van der Waals surface area contributed by atoms with Crippen molar-refractivity contribution in [3.8, 4) is 11.8 Å². The van der Waals surface area contributed by atoms with Crippen molar-refractivity contribution >= 4 is 11.6 Å². The zero-order valence-corrected chi connectivity index (χ0v) is 11.0. The molecule has 5 heteroatoms. The van der Waals surface area contributed by atoms with Gasteiger partial charge in [-0.3, -0.25) is 0 Å². The molecule has 0 spiro atoms. The van der Waals surface area contributed by atoms with Gasteiger partial charge in [0.15, 0.2) is 0 Å². The van der Waals surface area contributed by atoms with Crippen molar-refractivity contribution in [1.82, 2.24) is 15.3 Å². The van der Waals surface area contributed by atoms with E-state index >= 15 is 0 Å². The van der Waals surface area contributed by atoms with Crippen LogP contribution in [0.15, 0.2) is 30.6 Å². The minimum absolute atomic E-state index is 0.292. The Morgan fingerprint density at radius 2 is 2.00 bits per heavy atom. The minimum Gasteiger partial charge on any atom is -0.423 e. The molecule has 0 bridgehead atoms. The van der Waals surface area contributed by atoms with Gasteiger partial charge in [-0.05, 0) is 31.7 Å². The Bertz CT molecular complexity index is 528. The van der Waals surface area contributed by atoms with Crippen molar-refractivity contribution < 1.29 is 4.74 Å². The highest BCUT2D eigenvalue weighted by molar-refractivity contribution is 6.32. The molecule has 0 saturated carbocycles. The van der Waals surface area contributed by atoms with Gasteiger partial charge in [0.1, 0.15) is 5.75 Å². The van der Waals surface area contributed by atoms with Gasteiger partial charge in [-0.15, -0.1) is 0 Å². The smallest absolute Gasteiger partial charge is 0.321 e. The summed E-state index contributed by atoms with van der Waals surface area (Å²) >= 11 is 6.07. The van der Waals surface area contributed by atoms with Crippen LogP contribution in [-0.2, 0) is 6.54 Å². The molecule has 0 aliphatic rings. The minimum atomic E-state index is 0.292. The first kappa shape index (κ1) is 12.8. The van der Waals surface area contributed by atoms with Gasteiger partial charge < -0.3 is 10.1 Å². The highest BCUT2D eigenvalue weighted by atomic mass is 35.5. The molecule has 0 radical (unpaired) electrons. The standard InChI is InChI=1S/C13H14ClN3O/c1-9-3-4-12(11(14)5-9)18-13-16-7-10(6-15-2)8-17-13/h3-5,7-8,15H,6H2,1-2H3. The molecular weight excluding hydrogens is 250 g/mol. The van der Waals surface area contributed by atoms with Gasteiger partial charge in [0, 0.05) is 24.5 Å². The van der Waals surface area contributed by atoms with E-state index in [0.29, 0.717) is 16.8 Å². The van der Waals surface area contributed by atoms with Crippen molar-refractivity contribution in [3.63, 3.8) is 0 Å². The fraction of sp³-hybridized carbons (Fsp3) is 0.231. The summed E-state index contributed by atoms with van der Waals surface area (Å²) in [5.41, 5.74) is 2.08. The lowest BCUT2D eigenvalue weighted by atomic mass is 10.2. The van der Waals surface area contributed by atoms with Crippen LogP contribution in [0.5, 0.6) is 11.8 Å². The van der Waals surface area contributed by atoms with Crippen molar-refractivity contribution in [3.05, 3.63) is 46.7 Å². The van der Waals surface area contributed by atoms with Crippen LogP contribution in [0, 0.1) is 6.92 Å². The summed E-state index contributed by atoms with van der Waals surface area (Å²) in [7, 11) is 1.87. The van der Waals surface area contributed by atoms with Gasteiger partial charge in [-0.1, -0.05) is 17.7 Å². The molecule has 18 heavy (non-hydrogen) atoms. The molecule has 0 aliphatic carbocycles. The highest BCUT2D eigenvalue weighted by Crippen LogP contribution is 2.28. The summed E-state index contributed by atoms with van der Waals surface area (Å²) < 4.78 is 5.52. The Labute approximate surface area is 111 Å². The molecule has 0 amide bonds. The highest BCUT2D eigenvalue weighted by Gasteiger charge is 2.05. The first-order valence-electron chi connectivity index (χ1n) is 5.58. The van der Waals surface area contributed by atoms with Crippen molar-refractivity contribution in [2.45, 2.75) is 13.5 Å². The van der Waals surface area contributed by atoms with E-state index in [4.69, 9.17) is 16.3 Å². The first-order chi connectivity index (χ1) is 8.69. The monoisotopic (exact) mass is 263 g/mol. The largest absolute Gasteiger partial charge is 0.423 e. The molecule has 1 N–H and O–H groups in total. The third kappa shape index (κ3) is 3.18. The molecule has 1 aromatic heterocycles. The molecular formula is C13H14ClN3O. The van der Waals surface area contributed by atoms with Crippen LogP contribution in [0.1, 0.15) is 11.1 Å². The van der Waals surface area contributed by atoms with E-state index < -0.39 is 0 Å². The van der Waals surface area contributed by atoms with Crippen molar-refractivity contribution in [2.75, 3.05) is 7.05 Å². The van der Waals surface area contributed by atoms with E-state index in [-0.39, 0.29) is 0 Å². The summed E-state index contributed by atoms with van der Waals surface area (Å²) in [4.78, 5) is 8.25. The number of rotatable bonds is 4. The number of nitrogens with one attached hydrogen (secondary N) is 1. The molecule has 1 aromatic carbocycles. The average Bonchev–Trinajstić information content (AvgIpc) is 2.35. The molecule has 4 nitrogen and oxygen atoms in total. The molecule has 0 saturated heterocycles. The second-order valence-electron chi connectivity index (χ2n) is 3.94. The second kappa shape index (κ2) is 5.80. The molecule has 94 valence electrons. The number of nitrogens with zero attached hydrogens (tertiary/aromatic N) is 2. The summed E-state index contributed by atoms with van der Waals surface area (Å²) in [6.45, 7) is 2.70. The van der Waals surface area contributed by atoms with E-state index in [0.717, 1.165) is 17.7 Å². The summed E-state index contributed by atoms with van der Waals surface area (Å²) in [6, 6.07) is 5.87. The van der Waals surface area contributed by atoms with Crippen LogP contribution in [0.2, 0.25) is 5.02 Å². The van der Waals surface area contributed by atoms with Gasteiger partial charge in [-0.2, -0.15) is 0 Å². The maximum Gasteiger partial charge on any atom is 0.321 e. The SMILES string of the molecule is CNCc1cnc(Oc2ccc(C)cc2Cl)nc1. The number of aryl methyl sites for hydroxylation is 1. The zero-order chi connectivity index (χ0) is 13.0. The topological polar surface area (TPSA) is 47.0 Å². The van der Waals surface area contributed by atoms with Gasteiger partial charge in [0.2, 0.25) is 0 Å². The zero-order valence-electron chi connectivity index (χ0n) is 10.3. The molecule has 0 atom stereocenters. The van der Waals surface area contributed by atoms with Crippen molar-refractivity contribution in [2.24, 2.45) is 0 Å². The second-order valence-corrected chi connectivity index (χ2v) is 4.35. The molecule has 1 heterocycles. The normalized spacial score (nSPS) is 10.4. The lowest BCUT2D eigenvalue weighted by Gasteiger charge is -2.06. The summed E-state index contributed by atoms with van der Waals surface area (Å²) in [5, 5.41) is 3.58. The fourth-order valence-electron chi connectivity index (χ4n) is 1.48. The maximum atomic E-state index is 6.07. The maximum absolute atomic E-state index is 6.07. The number of ether oxygens (including phenoxy) is 1. The fourth-order valence-corrected chi connectivity index (χ4v) is 1.75. The summed E-state index contributed by atoms with van der Waals surface area (Å²) in [6.07, 6.45) is 3.45. The van der Waals surface area contributed by atoms with Gasteiger partial charge >= 0.3 is 6.01 Å². The Kier molecular flexibility index (Phi) is 4.12. The van der Waals surface area contributed by atoms with Crippen molar-refractivity contribution in [1.29, 1.82) is 0 Å². The predicted molar refractivity (Wildman–Crippen MR) is 71.1 cm³/mol. The molecule has 0 unspecified atom stereocenters. The third-order valence-corrected chi connectivity index (χ3v) is 2.65. The molecule has 0 aliphatic heterocycles. The van der Waals surface area contributed by atoms with E-state index in [1.54, 1.807) is 12.4 Å². The Hall–Kier alpha value is -1.65. The molecule has 2 aromatic rings. The number of hydrogen-bond acceptors (Lipinski definition) is 4. The van der Waals surface area contributed by atoms with E-state index in [2.05, 4.69) is 15.3 Å². The van der Waals surface area contributed by atoms with Gasteiger partial charge in [0.05, 0.1) is 5.02 Å². The van der Waals surface area contributed by atoms with E-state index in [9.17, 15) is 0 Å². The number of aromatic nitrogens is 2. The lowest BCUT2D eigenvalue weighted by Crippen LogP contribution is -2.06. The van der Waals surface area contributed by atoms with Crippen LogP contribution >= 0.6 is 11.6 Å². The van der Waals surface area contributed by atoms with Crippen LogP contribution in [-0.4, -0.2) is 17.0 Å². The number of hydrogen-bond donors (Lipinski definition) is 1. The quantitative estimate of drug-likeness (QED) is 0.921. The Morgan fingerprint density at radius 3 is 2.61 bits per heavy atom. The first-order valence-corrected chi connectivity index (χ1v) is 5.96. The third-order valence-electron chi connectivity index (χ3n) is 2.35. The van der Waals surface area contributed by atoms with Crippen LogP contribution in [0.3, 0.4) is 0 Å².